The quantitative estimate of drug-likeness (QED) is 0.714. The van der Waals surface area contributed by atoms with Gasteiger partial charge in [-0.15, -0.1) is 0 Å². The molecule has 0 unspecified atom stereocenters. The van der Waals surface area contributed by atoms with Crippen molar-refractivity contribution in [2.75, 3.05) is 6.54 Å². The Morgan fingerprint density at radius 1 is 1.50 bits per heavy atom. The summed E-state index contributed by atoms with van der Waals surface area (Å²) in [4.78, 5) is 20.5. The number of hydrogen-bond acceptors (Lipinski definition) is 6. The molecule has 0 amide bonds. The second kappa shape index (κ2) is 6.51. The van der Waals surface area contributed by atoms with E-state index in [1.54, 1.807) is 12.3 Å². The lowest BCUT2D eigenvalue weighted by molar-refractivity contribution is 0.0539. The first-order valence-corrected chi connectivity index (χ1v) is 7.54. The van der Waals surface area contributed by atoms with Crippen molar-refractivity contribution in [1.82, 2.24) is 19.9 Å². The summed E-state index contributed by atoms with van der Waals surface area (Å²) < 4.78 is 1.39. The molecule has 0 radical (unpaired) electrons. The Morgan fingerprint density at radius 2 is 2.36 bits per heavy atom. The lowest BCUT2D eigenvalue weighted by atomic mass is 9.96. The minimum Gasteiger partial charge on any atom is -0.392 e. The normalized spacial score (nSPS) is 23.5. The minimum absolute atomic E-state index is 0.130. The van der Waals surface area contributed by atoms with Crippen molar-refractivity contribution in [3.63, 3.8) is 0 Å². The average molecular weight is 304 g/mol. The SMILES string of the molecule is O=c1c2cnccc2ncn1C[C@@H](O)C[C@H]1NCCC[C@@H]1O. The zero-order valence-corrected chi connectivity index (χ0v) is 12.2. The third-order valence-corrected chi connectivity index (χ3v) is 4.11. The zero-order valence-electron chi connectivity index (χ0n) is 12.2. The summed E-state index contributed by atoms with van der Waals surface area (Å²) in [6, 6.07) is 1.55. The van der Waals surface area contributed by atoms with Crippen LogP contribution in [0.3, 0.4) is 0 Å². The van der Waals surface area contributed by atoms with Crippen LogP contribution in [0, 0.1) is 0 Å². The highest BCUT2D eigenvalue weighted by Crippen LogP contribution is 2.14. The zero-order chi connectivity index (χ0) is 15.5. The summed E-state index contributed by atoms with van der Waals surface area (Å²) in [5.74, 6) is 0. The second-order valence-corrected chi connectivity index (χ2v) is 5.75. The molecule has 3 rings (SSSR count). The summed E-state index contributed by atoms with van der Waals surface area (Å²) in [7, 11) is 0. The summed E-state index contributed by atoms with van der Waals surface area (Å²) in [5.41, 5.74) is 0.379. The van der Waals surface area contributed by atoms with Crippen molar-refractivity contribution in [3.8, 4) is 0 Å². The minimum atomic E-state index is -0.723. The van der Waals surface area contributed by atoms with Gasteiger partial charge in [-0.3, -0.25) is 14.3 Å². The summed E-state index contributed by atoms with van der Waals surface area (Å²) in [5, 5.41) is 23.8. The number of nitrogens with zero attached hydrogens (tertiary/aromatic N) is 3. The molecular formula is C15H20N4O3. The fourth-order valence-electron chi connectivity index (χ4n) is 2.90. The highest BCUT2D eigenvalue weighted by Gasteiger charge is 2.25. The molecule has 1 aliphatic rings. The van der Waals surface area contributed by atoms with Crippen molar-refractivity contribution in [2.45, 2.75) is 44.1 Å². The van der Waals surface area contributed by atoms with Crippen LogP contribution in [0.1, 0.15) is 19.3 Å². The van der Waals surface area contributed by atoms with E-state index in [1.165, 1.54) is 17.1 Å². The van der Waals surface area contributed by atoms with Gasteiger partial charge in [-0.2, -0.15) is 0 Å². The van der Waals surface area contributed by atoms with Crippen LogP contribution in [-0.4, -0.2) is 49.5 Å². The highest BCUT2D eigenvalue weighted by atomic mass is 16.3. The molecule has 3 atom stereocenters. The third kappa shape index (κ3) is 3.16. The van der Waals surface area contributed by atoms with E-state index in [-0.39, 0.29) is 18.1 Å². The van der Waals surface area contributed by atoms with Gasteiger partial charge in [-0.1, -0.05) is 0 Å². The Kier molecular flexibility index (Phi) is 4.47. The number of piperidine rings is 1. The third-order valence-electron chi connectivity index (χ3n) is 4.11. The van der Waals surface area contributed by atoms with Crippen LogP contribution in [0.5, 0.6) is 0 Å². The highest BCUT2D eigenvalue weighted by molar-refractivity contribution is 5.75. The number of aliphatic hydroxyl groups excluding tert-OH is 2. The van der Waals surface area contributed by atoms with Gasteiger partial charge in [-0.25, -0.2) is 4.98 Å². The second-order valence-electron chi connectivity index (χ2n) is 5.75. The van der Waals surface area contributed by atoms with Crippen LogP contribution in [0.25, 0.3) is 10.9 Å². The van der Waals surface area contributed by atoms with Crippen LogP contribution in [0.2, 0.25) is 0 Å². The Morgan fingerprint density at radius 3 is 3.18 bits per heavy atom. The fraction of sp³-hybridized carbons (Fsp3) is 0.533. The molecule has 7 nitrogen and oxygen atoms in total. The van der Waals surface area contributed by atoms with E-state index in [2.05, 4.69) is 15.3 Å². The molecule has 0 aliphatic carbocycles. The van der Waals surface area contributed by atoms with Gasteiger partial charge in [0.25, 0.3) is 5.56 Å². The van der Waals surface area contributed by atoms with E-state index >= 15 is 0 Å². The maximum atomic E-state index is 12.3. The fourth-order valence-corrected chi connectivity index (χ4v) is 2.90. The van der Waals surface area contributed by atoms with Crippen LogP contribution in [0.4, 0.5) is 0 Å². The van der Waals surface area contributed by atoms with Gasteiger partial charge in [0.15, 0.2) is 0 Å². The van der Waals surface area contributed by atoms with E-state index in [0.717, 1.165) is 19.4 Å². The van der Waals surface area contributed by atoms with Crippen molar-refractivity contribution in [1.29, 1.82) is 0 Å². The first-order chi connectivity index (χ1) is 10.6. The van der Waals surface area contributed by atoms with Gasteiger partial charge in [-0.05, 0) is 31.9 Å². The molecule has 2 aromatic rings. The van der Waals surface area contributed by atoms with Crippen molar-refractivity contribution >= 4 is 10.9 Å². The summed E-state index contributed by atoms with van der Waals surface area (Å²) in [6.45, 7) is 0.999. The predicted molar refractivity (Wildman–Crippen MR) is 81.5 cm³/mol. The van der Waals surface area contributed by atoms with Crippen molar-refractivity contribution in [2.24, 2.45) is 0 Å². The van der Waals surface area contributed by atoms with E-state index in [9.17, 15) is 15.0 Å². The lowest BCUT2D eigenvalue weighted by Gasteiger charge is -2.30. The number of rotatable bonds is 4. The average Bonchev–Trinajstić information content (AvgIpc) is 2.53. The lowest BCUT2D eigenvalue weighted by Crippen LogP contribution is -2.47. The van der Waals surface area contributed by atoms with E-state index in [4.69, 9.17) is 0 Å². The molecular weight excluding hydrogens is 284 g/mol. The molecule has 0 saturated carbocycles. The Hall–Kier alpha value is -1.83. The molecule has 3 heterocycles. The van der Waals surface area contributed by atoms with Crippen molar-refractivity contribution < 1.29 is 10.2 Å². The topological polar surface area (TPSA) is 100 Å². The van der Waals surface area contributed by atoms with Gasteiger partial charge in [0.2, 0.25) is 0 Å². The Balaban J connectivity index is 1.72. The van der Waals surface area contributed by atoms with Gasteiger partial charge >= 0.3 is 0 Å². The van der Waals surface area contributed by atoms with Gasteiger partial charge in [0.1, 0.15) is 0 Å². The molecule has 118 valence electrons. The van der Waals surface area contributed by atoms with Gasteiger partial charge in [0, 0.05) is 18.4 Å². The van der Waals surface area contributed by atoms with Gasteiger partial charge < -0.3 is 15.5 Å². The predicted octanol–water partition coefficient (Wildman–Crippen LogP) is -0.345. The number of nitrogens with one attached hydrogen (secondary N) is 1. The Bertz CT molecular complexity index is 702. The molecule has 2 aromatic heterocycles. The van der Waals surface area contributed by atoms with Crippen LogP contribution in [-0.2, 0) is 6.54 Å². The van der Waals surface area contributed by atoms with E-state index < -0.39 is 12.2 Å². The van der Waals surface area contributed by atoms with Crippen molar-refractivity contribution in [3.05, 3.63) is 35.1 Å². The smallest absolute Gasteiger partial charge is 0.262 e. The number of aromatic nitrogens is 3. The van der Waals surface area contributed by atoms with E-state index in [0.29, 0.717) is 17.3 Å². The molecule has 1 fully saturated rings. The number of pyridine rings is 1. The summed E-state index contributed by atoms with van der Waals surface area (Å²) >= 11 is 0. The molecule has 1 aliphatic heterocycles. The monoisotopic (exact) mass is 304 g/mol. The number of fused-ring (bicyclic) bond motifs is 1. The molecule has 3 N–H and O–H groups in total. The molecule has 22 heavy (non-hydrogen) atoms. The van der Waals surface area contributed by atoms with Crippen LogP contribution < -0.4 is 10.9 Å². The molecule has 1 saturated heterocycles. The molecule has 0 spiro atoms. The molecule has 7 heteroatoms. The van der Waals surface area contributed by atoms with E-state index in [1.807, 2.05) is 0 Å². The molecule has 0 aromatic carbocycles. The number of hydrogen-bond donors (Lipinski definition) is 3. The maximum absolute atomic E-state index is 12.3. The first-order valence-electron chi connectivity index (χ1n) is 7.54. The summed E-state index contributed by atoms with van der Waals surface area (Å²) in [6.07, 6.45) is 5.43. The molecule has 0 bridgehead atoms. The van der Waals surface area contributed by atoms with Gasteiger partial charge in [0.05, 0.1) is 36.0 Å². The number of aliphatic hydroxyl groups is 2. The maximum Gasteiger partial charge on any atom is 0.262 e. The standard InChI is InChI=1S/C15H20N4O3/c20-10(6-13-14(21)2-1-4-17-13)8-19-9-18-12-3-5-16-7-11(12)15(19)22/h3,5,7,9-10,13-14,17,20-21H,1-2,4,6,8H2/t10-,13+,14-/m0/s1. The largest absolute Gasteiger partial charge is 0.392 e. The Labute approximate surface area is 127 Å². The van der Waals surface area contributed by atoms with Crippen LogP contribution >= 0.6 is 0 Å². The first kappa shape index (κ1) is 15.1. The van der Waals surface area contributed by atoms with Crippen LogP contribution in [0.15, 0.2) is 29.6 Å².